The Bertz CT molecular complexity index is 772. The van der Waals surface area contributed by atoms with E-state index in [9.17, 15) is 10.2 Å². The second kappa shape index (κ2) is 7.45. The van der Waals surface area contributed by atoms with Gasteiger partial charge in [-0.1, -0.05) is 44.1 Å². The molecular weight excluding hydrogens is 380 g/mol. The number of fused-ring (bicyclic) bond motifs is 6. The minimum Gasteiger partial charge on any atom is -0.393 e. The van der Waals surface area contributed by atoms with Gasteiger partial charge in [-0.05, 0) is 118 Å². The zero-order chi connectivity index (χ0) is 22.2. The van der Waals surface area contributed by atoms with Crippen LogP contribution in [0, 0.1) is 45.8 Å². The number of allylic oxidation sites excluding steroid dienone is 3. The molecule has 2 unspecified atom stereocenters. The molecule has 0 aliphatic heterocycles. The van der Waals surface area contributed by atoms with Crippen LogP contribution in [0.4, 0.5) is 0 Å². The van der Waals surface area contributed by atoms with E-state index in [1.54, 1.807) is 5.57 Å². The Morgan fingerprint density at radius 3 is 2.52 bits per heavy atom. The van der Waals surface area contributed by atoms with Gasteiger partial charge >= 0.3 is 0 Å². The summed E-state index contributed by atoms with van der Waals surface area (Å²) in [5, 5.41) is 22.1. The third kappa shape index (κ3) is 3.17. The highest BCUT2D eigenvalue weighted by atomic mass is 16.3. The maximum absolute atomic E-state index is 11.3. The molecule has 2 N–H and O–H groups in total. The Labute approximate surface area is 190 Å². The first-order valence-corrected chi connectivity index (χ1v) is 13.3. The summed E-state index contributed by atoms with van der Waals surface area (Å²) in [6.07, 6.45) is 16.5. The lowest BCUT2D eigenvalue weighted by atomic mass is 9.45. The van der Waals surface area contributed by atoms with E-state index in [1.807, 2.05) is 0 Å². The Balaban J connectivity index is 1.40. The smallest absolute Gasteiger partial charge is 0.0634 e. The van der Waals surface area contributed by atoms with E-state index < -0.39 is 0 Å². The molecule has 5 aliphatic carbocycles. The van der Waals surface area contributed by atoms with Crippen molar-refractivity contribution < 1.29 is 10.2 Å². The molecule has 0 saturated heterocycles. The molecule has 31 heavy (non-hydrogen) atoms. The SMILES string of the molecule is CC(C)=CCC[C@@H](C)[C@H]1C(O)C[C@H]2[C@@H]3CC=C4C5(CC5)C(O)CC[C@]4(C)[C@H]3CC[C@]12C. The summed E-state index contributed by atoms with van der Waals surface area (Å²) in [5.41, 5.74) is 3.79. The van der Waals surface area contributed by atoms with Crippen LogP contribution in [0.1, 0.15) is 98.8 Å². The van der Waals surface area contributed by atoms with Crippen LogP contribution in [0.2, 0.25) is 0 Å². The van der Waals surface area contributed by atoms with E-state index in [0.29, 0.717) is 17.8 Å². The van der Waals surface area contributed by atoms with E-state index in [-0.39, 0.29) is 28.5 Å². The highest BCUT2D eigenvalue weighted by Gasteiger charge is 2.66. The maximum atomic E-state index is 11.3. The lowest BCUT2D eigenvalue weighted by molar-refractivity contribution is -0.0721. The molecule has 9 atom stereocenters. The zero-order valence-electron chi connectivity index (χ0n) is 20.7. The summed E-state index contributed by atoms with van der Waals surface area (Å²) in [5.74, 6) is 3.17. The molecule has 5 rings (SSSR count). The fourth-order valence-corrected chi connectivity index (χ4v) is 9.71. The van der Waals surface area contributed by atoms with Gasteiger partial charge in [0.2, 0.25) is 0 Å². The predicted octanol–water partition coefficient (Wildman–Crippen LogP) is 6.67. The first-order valence-electron chi connectivity index (χ1n) is 13.3. The lowest BCUT2D eigenvalue weighted by Gasteiger charge is -2.60. The van der Waals surface area contributed by atoms with Crippen LogP contribution in [-0.4, -0.2) is 22.4 Å². The summed E-state index contributed by atoms with van der Waals surface area (Å²) in [4.78, 5) is 0. The average molecular weight is 427 g/mol. The van der Waals surface area contributed by atoms with Gasteiger partial charge in [0.25, 0.3) is 0 Å². The summed E-state index contributed by atoms with van der Waals surface area (Å²) >= 11 is 0. The van der Waals surface area contributed by atoms with Gasteiger partial charge in [0, 0.05) is 5.41 Å². The van der Waals surface area contributed by atoms with Gasteiger partial charge in [-0.25, -0.2) is 0 Å². The molecule has 0 aromatic rings. The Hall–Kier alpha value is -0.600. The first-order chi connectivity index (χ1) is 14.6. The normalized spacial score (nSPS) is 48.3. The van der Waals surface area contributed by atoms with Crippen LogP contribution >= 0.6 is 0 Å². The third-order valence-corrected chi connectivity index (χ3v) is 11.3. The topological polar surface area (TPSA) is 40.5 Å². The molecule has 0 radical (unpaired) electrons. The summed E-state index contributed by atoms with van der Waals surface area (Å²) in [6, 6.07) is 0. The molecule has 2 heteroatoms. The third-order valence-electron chi connectivity index (χ3n) is 11.3. The van der Waals surface area contributed by atoms with Crippen LogP contribution in [0.3, 0.4) is 0 Å². The Morgan fingerprint density at radius 2 is 1.84 bits per heavy atom. The molecule has 5 aliphatic rings. The molecule has 4 fully saturated rings. The van der Waals surface area contributed by atoms with Crippen molar-refractivity contribution in [3.63, 3.8) is 0 Å². The molecule has 4 saturated carbocycles. The molecule has 0 aromatic carbocycles. The van der Waals surface area contributed by atoms with Crippen LogP contribution < -0.4 is 0 Å². The largest absolute Gasteiger partial charge is 0.393 e. The van der Waals surface area contributed by atoms with Crippen molar-refractivity contribution in [2.75, 3.05) is 0 Å². The summed E-state index contributed by atoms with van der Waals surface area (Å²) in [7, 11) is 0. The van der Waals surface area contributed by atoms with E-state index in [4.69, 9.17) is 0 Å². The second-order valence-corrected chi connectivity index (χ2v) is 13.1. The fraction of sp³-hybridized carbons (Fsp3) is 0.862. The fourth-order valence-electron chi connectivity index (χ4n) is 9.71. The monoisotopic (exact) mass is 426 g/mol. The summed E-state index contributed by atoms with van der Waals surface area (Å²) < 4.78 is 0. The molecule has 174 valence electrons. The van der Waals surface area contributed by atoms with Crippen molar-refractivity contribution in [2.45, 2.75) is 111 Å². The van der Waals surface area contributed by atoms with E-state index in [1.165, 1.54) is 44.1 Å². The van der Waals surface area contributed by atoms with Gasteiger partial charge in [-0.3, -0.25) is 0 Å². The van der Waals surface area contributed by atoms with Gasteiger partial charge in [-0.15, -0.1) is 0 Å². The van der Waals surface area contributed by atoms with Crippen LogP contribution in [0.15, 0.2) is 23.3 Å². The van der Waals surface area contributed by atoms with Crippen molar-refractivity contribution in [1.29, 1.82) is 0 Å². The standard InChI is InChI=1S/C29H46O2/c1-18(2)7-6-8-19(3)26-23(30)17-22-20-9-10-24-27(4,21(20)11-13-28(22,26)5)14-12-25(31)29(24)15-16-29/h7,10,19-23,25-26,30-31H,6,8-9,11-17H2,1-5H3/t19-,20-,21+,22+,23?,25?,26+,27-,28+/m1/s1. The number of rotatable bonds is 4. The van der Waals surface area contributed by atoms with Gasteiger partial charge in [0.05, 0.1) is 12.2 Å². The van der Waals surface area contributed by atoms with Crippen LogP contribution in [0.5, 0.6) is 0 Å². The molecule has 0 heterocycles. The second-order valence-electron chi connectivity index (χ2n) is 13.1. The maximum Gasteiger partial charge on any atom is 0.0634 e. The minimum atomic E-state index is -0.128. The number of aliphatic hydroxyl groups is 2. The highest BCUT2D eigenvalue weighted by Crippen LogP contribution is 2.72. The average Bonchev–Trinajstić information content (AvgIpc) is 3.43. The first kappa shape index (κ1) is 22.2. The van der Waals surface area contributed by atoms with E-state index in [2.05, 4.69) is 46.8 Å². The van der Waals surface area contributed by atoms with E-state index >= 15 is 0 Å². The number of hydrogen-bond donors (Lipinski definition) is 2. The van der Waals surface area contributed by atoms with Crippen molar-refractivity contribution in [3.05, 3.63) is 23.3 Å². The summed E-state index contributed by atoms with van der Waals surface area (Å²) in [6.45, 7) is 11.9. The predicted molar refractivity (Wildman–Crippen MR) is 127 cm³/mol. The lowest BCUT2D eigenvalue weighted by Crippen LogP contribution is -2.53. The number of aliphatic hydroxyl groups excluding tert-OH is 2. The van der Waals surface area contributed by atoms with Crippen molar-refractivity contribution in [3.8, 4) is 0 Å². The van der Waals surface area contributed by atoms with Crippen molar-refractivity contribution >= 4 is 0 Å². The molecule has 1 spiro atoms. The minimum absolute atomic E-state index is 0.100. The van der Waals surface area contributed by atoms with Gasteiger partial charge < -0.3 is 10.2 Å². The molecule has 0 bridgehead atoms. The van der Waals surface area contributed by atoms with Gasteiger partial charge in [0.1, 0.15) is 0 Å². The molecule has 0 aromatic heterocycles. The van der Waals surface area contributed by atoms with Crippen LogP contribution in [-0.2, 0) is 0 Å². The molecule has 0 amide bonds. The van der Waals surface area contributed by atoms with Gasteiger partial charge in [-0.2, -0.15) is 0 Å². The molecular formula is C29H46O2. The Morgan fingerprint density at radius 1 is 1.10 bits per heavy atom. The van der Waals surface area contributed by atoms with Crippen LogP contribution in [0.25, 0.3) is 0 Å². The van der Waals surface area contributed by atoms with Crippen molar-refractivity contribution in [2.24, 2.45) is 45.8 Å². The van der Waals surface area contributed by atoms with Crippen molar-refractivity contribution in [1.82, 2.24) is 0 Å². The quantitative estimate of drug-likeness (QED) is 0.493. The highest BCUT2D eigenvalue weighted by molar-refractivity contribution is 5.36. The number of hydrogen-bond acceptors (Lipinski definition) is 2. The molecule has 2 nitrogen and oxygen atoms in total. The van der Waals surface area contributed by atoms with Gasteiger partial charge in [0.15, 0.2) is 0 Å². The van der Waals surface area contributed by atoms with E-state index in [0.717, 1.165) is 37.5 Å². The zero-order valence-corrected chi connectivity index (χ0v) is 20.7. The Kier molecular flexibility index (Phi) is 5.34.